The maximum absolute atomic E-state index is 13.2. The molecule has 188 valence electrons. The van der Waals surface area contributed by atoms with E-state index in [-0.39, 0.29) is 6.61 Å². The highest BCUT2D eigenvalue weighted by Crippen LogP contribution is 2.40. The lowest BCUT2D eigenvalue weighted by Gasteiger charge is -2.29. The molecule has 0 spiro atoms. The molecule has 7 nitrogen and oxygen atoms in total. The van der Waals surface area contributed by atoms with Gasteiger partial charge in [0, 0.05) is 17.0 Å². The molecule has 1 aliphatic heterocycles. The molecule has 2 heterocycles. The van der Waals surface area contributed by atoms with Gasteiger partial charge in [-0.25, -0.2) is 9.48 Å². The molecule has 1 aliphatic rings. The number of ether oxygens (including phenoxy) is 2. The third-order valence-corrected chi connectivity index (χ3v) is 6.90. The molecule has 0 bridgehead atoms. The summed E-state index contributed by atoms with van der Waals surface area (Å²) in [6, 6.07) is 15.3. The summed E-state index contributed by atoms with van der Waals surface area (Å²) in [5.74, 6) is 1.77. The lowest BCUT2D eigenvalue weighted by Crippen LogP contribution is -2.30. The number of para-hydroxylation sites is 1. The summed E-state index contributed by atoms with van der Waals surface area (Å²) >= 11 is 1.61. The van der Waals surface area contributed by atoms with E-state index >= 15 is 0 Å². The van der Waals surface area contributed by atoms with Crippen LogP contribution in [0.4, 0.5) is 5.95 Å². The van der Waals surface area contributed by atoms with Crippen LogP contribution in [0, 0.1) is 6.92 Å². The summed E-state index contributed by atoms with van der Waals surface area (Å²) in [7, 11) is 0. The van der Waals surface area contributed by atoms with E-state index in [0.29, 0.717) is 34.7 Å². The fourth-order valence-corrected chi connectivity index (χ4v) is 4.94. The summed E-state index contributed by atoms with van der Waals surface area (Å²) in [5.41, 5.74) is 4.22. The van der Waals surface area contributed by atoms with Crippen molar-refractivity contribution in [3.8, 4) is 5.75 Å². The van der Waals surface area contributed by atoms with E-state index in [2.05, 4.69) is 37.9 Å². The van der Waals surface area contributed by atoms with E-state index in [9.17, 15) is 4.79 Å². The number of carbonyl (C=O) groups excluding carboxylic acids is 1. The molecule has 0 saturated heterocycles. The van der Waals surface area contributed by atoms with Gasteiger partial charge in [0.05, 0.1) is 5.57 Å². The Bertz CT molecular complexity index is 1270. The number of hydrogen-bond donors (Lipinski definition) is 1. The summed E-state index contributed by atoms with van der Waals surface area (Å²) in [6.07, 6.45) is 3.74. The van der Waals surface area contributed by atoms with Gasteiger partial charge >= 0.3 is 5.97 Å². The second-order valence-electron chi connectivity index (χ2n) is 8.57. The van der Waals surface area contributed by atoms with Gasteiger partial charge in [0.15, 0.2) is 0 Å². The maximum atomic E-state index is 13.2. The van der Waals surface area contributed by atoms with Crippen molar-refractivity contribution < 1.29 is 14.3 Å². The molecule has 0 aliphatic carbocycles. The van der Waals surface area contributed by atoms with Crippen LogP contribution in [-0.4, -0.2) is 33.1 Å². The van der Waals surface area contributed by atoms with Crippen LogP contribution in [0.5, 0.6) is 5.75 Å². The molecule has 36 heavy (non-hydrogen) atoms. The first kappa shape index (κ1) is 25.6. The second-order valence-corrected chi connectivity index (χ2v) is 9.63. The lowest BCUT2D eigenvalue weighted by molar-refractivity contribution is -0.138. The number of esters is 1. The largest absolute Gasteiger partial charge is 0.489 e. The molecule has 3 aromatic rings. The Labute approximate surface area is 216 Å². The highest BCUT2D eigenvalue weighted by molar-refractivity contribution is 7.99. The molecule has 0 saturated carbocycles. The van der Waals surface area contributed by atoms with Gasteiger partial charge in [0.25, 0.3) is 0 Å². The minimum absolute atomic E-state index is 0.121. The van der Waals surface area contributed by atoms with E-state index in [1.807, 2.05) is 43.3 Å². The topological polar surface area (TPSA) is 78.3 Å². The Morgan fingerprint density at radius 3 is 2.75 bits per heavy atom. The second kappa shape index (κ2) is 11.9. The van der Waals surface area contributed by atoms with Crippen molar-refractivity contribution in [3.63, 3.8) is 0 Å². The van der Waals surface area contributed by atoms with E-state index < -0.39 is 12.0 Å². The lowest BCUT2D eigenvalue weighted by atomic mass is 9.95. The Kier molecular flexibility index (Phi) is 8.48. The van der Waals surface area contributed by atoms with Gasteiger partial charge in [0.2, 0.25) is 11.1 Å². The molecule has 0 amide bonds. The SMILES string of the molecule is C=CCOC(=O)C1=C(C)Nc2nc(SCCCC)nn2C1c1ccccc1OCc1ccccc1C. The van der Waals surface area contributed by atoms with Crippen LogP contribution in [-0.2, 0) is 16.1 Å². The van der Waals surface area contributed by atoms with Crippen LogP contribution < -0.4 is 10.1 Å². The number of anilines is 1. The number of fused-ring (bicyclic) bond motifs is 1. The van der Waals surface area contributed by atoms with Crippen molar-refractivity contribution >= 4 is 23.7 Å². The Morgan fingerprint density at radius 1 is 1.19 bits per heavy atom. The molecule has 1 N–H and O–H groups in total. The smallest absolute Gasteiger partial charge is 0.338 e. The average Bonchev–Trinajstić information content (AvgIpc) is 3.28. The molecular weight excluding hydrogens is 472 g/mol. The zero-order chi connectivity index (χ0) is 25.5. The molecule has 2 aromatic carbocycles. The van der Waals surface area contributed by atoms with E-state index in [1.165, 1.54) is 0 Å². The number of benzene rings is 2. The third-order valence-electron chi connectivity index (χ3n) is 5.97. The van der Waals surface area contributed by atoms with Gasteiger partial charge in [-0.15, -0.1) is 5.10 Å². The molecular formula is C28H32N4O3S. The van der Waals surface area contributed by atoms with Crippen LogP contribution in [0.1, 0.15) is 49.4 Å². The van der Waals surface area contributed by atoms with E-state index in [1.54, 1.807) is 22.5 Å². The summed E-state index contributed by atoms with van der Waals surface area (Å²) in [4.78, 5) is 17.9. The van der Waals surface area contributed by atoms with Crippen molar-refractivity contribution in [2.75, 3.05) is 17.7 Å². The van der Waals surface area contributed by atoms with Gasteiger partial charge in [-0.2, -0.15) is 4.98 Å². The zero-order valence-corrected chi connectivity index (χ0v) is 21.8. The van der Waals surface area contributed by atoms with E-state index in [0.717, 1.165) is 35.3 Å². The van der Waals surface area contributed by atoms with Crippen LogP contribution in [0.2, 0.25) is 0 Å². The van der Waals surface area contributed by atoms with Crippen molar-refractivity contribution in [2.24, 2.45) is 0 Å². The number of thioether (sulfide) groups is 1. The Hall–Kier alpha value is -3.52. The first-order chi connectivity index (χ1) is 17.5. The number of hydrogen-bond acceptors (Lipinski definition) is 7. The highest BCUT2D eigenvalue weighted by atomic mass is 32.2. The first-order valence-corrected chi connectivity index (χ1v) is 13.1. The summed E-state index contributed by atoms with van der Waals surface area (Å²) in [5, 5.41) is 8.71. The van der Waals surface area contributed by atoms with Gasteiger partial charge in [-0.05, 0) is 37.5 Å². The molecule has 4 rings (SSSR count). The number of carbonyl (C=O) groups is 1. The number of aryl methyl sites for hydroxylation is 1. The summed E-state index contributed by atoms with van der Waals surface area (Å²) in [6.45, 7) is 10.3. The number of unbranched alkanes of at least 4 members (excludes halogenated alkanes) is 1. The number of nitrogens with zero attached hydrogens (tertiary/aromatic N) is 3. The third kappa shape index (κ3) is 5.65. The maximum Gasteiger partial charge on any atom is 0.338 e. The van der Waals surface area contributed by atoms with Crippen LogP contribution in [0.25, 0.3) is 0 Å². The fourth-order valence-electron chi connectivity index (χ4n) is 4.03. The Morgan fingerprint density at radius 2 is 1.97 bits per heavy atom. The van der Waals surface area contributed by atoms with Crippen LogP contribution in [0.3, 0.4) is 0 Å². The number of rotatable bonds is 11. The molecule has 8 heteroatoms. The van der Waals surface area contributed by atoms with Gasteiger partial charge < -0.3 is 14.8 Å². The van der Waals surface area contributed by atoms with Crippen LogP contribution >= 0.6 is 11.8 Å². The van der Waals surface area contributed by atoms with Crippen molar-refractivity contribution in [1.82, 2.24) is 14.8 Å². The van der Waals surface area contributed by atoms with Gasteiger partial charge in [-0.3, -0.25) is 0 Å². The van der Waals surface area contributed by atoms with Crippen molar-refractivity contribution in [1.29, 1.82) is 0 Å². The minimum atomic E-state index is -0.556. The minimum Gasteiger partial charge on any atom is -0.489 e. The zero-order valence-electron chi connectivity index (χ0n) is 21.0. The first-order valence-electron chi connectivity index (χ1n) is 12.1. The summed E-state index contributed by atoms with van der Waals surface area (Å²) < 4.78 is 13.6. The fraction of sp³-hybridized carbons (Fsp3) is 0.321. The van der Waals surface area contributed by atoms with Crippen molar-refractivity contribution in [3.05, 3.63) is 89.1 Å². The molecule has 0 fully saturated rings. The molecule has 1 aromatic heterocycles. The highest BCUT2D eigenvalue weighted by Gasteiger charge is 2.36. The average molecular weight is 505 g/mol. The number of nitrogens with one attached hydrogen (secondary N) is 1. The molecule has 0 radical (unpaired) electrons. The van der Waals surface area contributed by atoms with Crippen LogP contribution in [0.15, 0.2) is 77.6 Å². The van der Waals surface area contributed by atoms with Gasteiger partial charge in [0.1, 0.15) is 25.0 Å². The monoisotopic (exact) mass is 504 g/mol. The number of aromatic nitrogens is 3. The predicted molar refractivity (Wildman–Crippen MR) is 143 cm³/mol. The van der Waals surface area contributed by atoms with Crippen molar-refractivity contribution in [2.45, 2.75) is 51.4 Å². The number of allylic oxidation sites excluding steroid dienone is 1. The standard InChI is InChI=1S/C28H32N4O3S/c1-5-7-17-36-28-30-27-29-20(4)24(26(33)34-16-6-2)25(32(27)31-28)22-14-10-11-15-23(22)35-18-21-13-9-8-12-19(21)3/h6,8-15,25H,2,5,7,16-18H2,1,3-4H3,(H,29,30,31). The Balaban J connectivity index is 1.74. The molecule has 1 unspecified atom stereocenters. The van der Waals surface area contributed by atoms with Gasteiger partial charge in [-0.1, -0.05) is 80.2 Å². The quantitative estimate of drug-likeness (QED) is 0.147. The predicted octanol–water partition coefficient (Wildman–Crippen LogP) is 6.08. The van der Waals surface area contributed by atoms with E-state index in [4.69, 9.17) is 19.6 Å². The molecule has 1 atom stereocenters. The normalized spacial score (nSPS) is 14.7.